The Hall–Kier alpha value is -1.90. The molecule has 0 unspecified atom stereocenters. The van der Waals surface area contributed by atoms with Crippen molar-refractivity contribution in [2.45, 2.75) is 6.92 Å². The van der Waals surface area contributed by atoms with E-state index in [-0.39, 0.29) is 0 Å². The van der Waals surface area contributed by atoms with Crippen molar-refractivity contribution in [1.29, 1.82) is 0 Å². The number of rotatable bonds is 2. The van der Waals surface area contributed by atoms with Crippen LogP contribution in [0.5, 0.6) is 0 Å². The molecule has 0 amide bonds. The molecule has 0 saturated carbocycles. The fraction of sp³-hybridized carbons (Fsp3) is 0.0909. The van der Waals surface area contributed by atoms with Crippen LogP contribution in [0.2, 0.25) is 0 Å². The molecule has 70 valence electrons. The van der Waals surface area contributed by atoms with E-state index in [1.54, 1.807) is 4.68 Å². The molecule has 0 spiro atoms. The van der Waals surface area contributed by atoms with E-state index in [1.807, 2.05) is 43.5 Å². The molecule has 0 N–H and O–H groups in total. The number of carbonyl (C=O) groups excluding carboxylic acids is 1. The van der Waals surface area contributed by atoms with Gasteiger partial charge in [-0.05, 0) is 24.6 Å². The van der Waals surface area contributed by atoms with Crippen molar-refractivity contribution in [1.82, 2.24) is 9.78 Å². The third-order valence-corrected chi connectivity index (χ3v) is 2.07. The highest BCUT2D eigenvalue weighted by Gasteiger charge is 2.03. The summed E-state index contributed by atoms with van der Waals surface area (Å²) >= 11 is 0. The minimum absolute atomic E-state index is 0.494. The zero-order chi connectivity index (χ0) is 9.97. The molecular weight excluding hydrogens is 176 g/mol. The molecule has 0 bridgehead atoms. The summed E-state index contributed by atoms with van der Waals surface area (Å²) in [5.74, 6) is 0. The molecule has 2 rings (SSSR count). The van der Waals surface area contributed by atoms with E-state index in [2.05, 4.69) is 5.10 Å². The molecular formula is C11H10N2O. The van der Waals surface area contributed by atoms with Crippen molar-refractivity contribution in [3.05, 3.63) is 47.8 Å². The van der Waals surface area contributed by atoms with E-state index in [0.29, 0.717) is 5.69 Å². The van der Waals surface area contributed by atoms with Crippen molar-refractivity contribution in [3.63, 3.8) is 0 Å². The van der Waals surface area contributed by atoms with Crippen LogP contribution in [-0.2, 0) is 0 Å². The Morgan fingerprint density at radius 3 is 2.57 bits per heavy atom. The van der Waals surface area contributed by atoms with Crippen LogP contribution < -0.4 is 0 Å². The van der Waals surface area contributed by atoms with E-state index in [1.165, 1.54) is 0 Å². The summed E-state index contributed by atoms with van der Waals surface area (Å²) < 4.78 is 1.71. The predicted octanol–water partition coefficient (Wildman–Crippen LogP) is 1.99. The third kappa shape index (κ3) is 1.44. The van der Waals surface area contributed by atoms with E-state index in [0.717, 1.165) is 17.5 Å². The number of aromatic nitrogens is 2. The first-order valence-corrected chi connectivity index (χ1v) is 4.38. The predicted molar refractivity (Wildman–Crippen MR) is 53.7 cm³/mol. The lowest BCUT2D eigenvalue weighted by Gasteiger charge is -1.98. The first-order valence-electron chi connectivity index (χ1n) is 4.38. The van der Waals surface area contributed by atoms with E-state index in [9.17, 15) is 4.79 Å². The maximum Gasteiger partial charge on any atom is 0.170 e. The Labute approximate surface area is 82.0 Å². The van der Waals surface area contributed by atoms with Crippen molar-refractivity contribution < 1.29 is 4.79 Å². The van der Waals surface area contributed by atoms with Gasteiger partial charge in [0.2, 0.25) is 0 Å². The van der Waals surface area contributed by atoms with Crippen LogP contribution in [0.4, 0.5) is 0 Å². The van der Waals surface area contributed by atoms with Crippen LogP contribution in [0.15, 0.2) is 36.5 Å². The van der Waals surface area contributed by atoms with Gasteiger partial charge in [0.1, 0.15) is 5.69 Å². The highest BCUT2D eigenvalue weighted by atomic mass is 16.1. The largest absolute Gasteiger partial charge is 0.296 e. The summed E-state index contributed by atoms with van der Waals surface area (Å²) in [7, 11) is 0. The number of hydrogen-bond donors (Lipinski definition) is 0. The number of aldehydes is 1. The van der Waals surface area contributed by atoms with E-state index < -0.39 is 0 Å². The molecule has 0 fully saturated rings. The molecule has 1 aromatic carbocycles. The number of aryl methyl sites for hydroxylation is 1. The molecule has 0 aliphatic heterocycles. The molecule has 0 aliphatic carbocycles. The molecule has 3 heteroatoms. The van der Waals surface area contributed by atoms with Gasteiger partial charge >= 0.3 is 0 Å². The average Bonchev–Trinajstić information content (AvgIpc) is 2.61. The average molecular weight is 186 g/mol. The van der Waals surface area contributed by atoms with Gasteiger partial charge in [-0.15, -0.1) is 0 Å². The highest BCUT2D eigenvalue weighted by molar-refractivity contribution is 5.73. The molecule has 1 aromatic heterocycles. The van der Waals surface area contributed by atoms with Crippen molar-refractivity contribution in [2.75, 3.05) is 0 Å². The lowest BCUT2D eigenvalue weighted by molar-refractivity contribution is 0.111. The summed E-state index contributed by atoms with van der Waals surface area (Å²) in [6.07, 6.45) is 2.62. The summed E-state index contributed by atoms with van der Waals surface area (Å²) in [6.45, 7) is 1.87. The Kier molecular flexibility index (Phi) is 2.14. The Morgan fingerprint density at radius 2 is 2.00 bits per heavy atom. The quantitative estimate of drug-likeness (QED) is 0.672. The fourth-order valence-corrected chi connectivity index (χ4v) is 1.30. The molecule has 2 aromatic rings. The Balaban J connectivity index is 2.48. The smallest absolute Gasteiger partial charge is 0.170 e. The minimum Gasteiger partial charge on any atom is -0.296 e. The lowest BCUT2D eigenvalue weighted by Crippen LogP contribution is -1.94. The highest BCUT2D eigenvalue weighted by Crippen LogP contribution is 2.09. The molecule has 3 nitrogen and oxygen atoms in total. The lowest BCUT2D eigenvalue weighted by atomic mass is 10.3. The van der Waals surface area contributed by atoms with Crippen LogP contribution in [0.3, 0.4) is 0 Å². The summed E-state index contributed by atoms with van der Waals surface area (Å²) in [5, 5.41) is 4.15. The first kappa shape index (κ1) is 8.69. The van der Waals surface area contributed by atoms with E-state index >= 15 is 0 Å². The Morgan fingerprint density at radius 1 is 1.29 bits per heavy atom. The summed E-state index contributed by atoms with van der Waals surface area (Å²) in [5.41, 5.74) is 2.35. The van der Waals surface area contributed by atoms with Crippen molar-refractivity contribution in [3.8, 4) is 5.69 Å². The second-order valence-electron chi connectivity index (χ2n) is 3.10. The standard InChI is InChI=1S/C11H10N2O/c1-9-7-13(12-11(9)8-14)10-5-3-2-4-6-10/h2-8H,1H3. The number of hydrogen-bond acceptors (Lipinski definition) is 2. The van der Waals surface area contributed by atoms with Crippen LogP contribution in [0, 0.1) is 6.92 Å². The maximum atomic E-state index is 10.6. The van der Waals surface area contributed by atoms with Crippen molar-refractivity contribution in [2.24, 2.45) is 0 Å². The molecule has 0 aliphatic rings. The molecule has 14 heavy (non-hydrogen) atoms. The SMILES string of the molecule is Cc1cn(-c2ccccc2)nc1C=O. The van der Waals surface area contributed by atoms with Crippen LogP contribution in [0.25, 0.3) is 5.69 Å². The fourth-order valence-electron chi connectivity index (χ4n) is 1.30. The van der Waals surface area contributed by atoms with Gasteiger partial charge in [0.15, 0.2) is 6.29 Å². The van der Waals surface area contributed by atoms with Gasteiger partial charge < -0.3 is 0 Å². The normalized spacial score (nSPS) is 10.1. The zero-order valence-electron chi connectivity index (χ0n) is 7.84. The number of carbonyl (C=O) groups is 1. The van der Waals surface area contributed by atoms with Gasteiger partial charge in [0, 0.05) is 6.20 Å². The number of nitrogens with zero attached hydrogens (tertiary/aromatic N) is 2. The van der Waals surface area contributed by atoms with Gasteiger partial charge in [-0.1, -0.05) is 18.2 Å². The zero-order valence-corrected chi connectivity index (χ0v) is 7.84. The van der Waals surface area contributed by atoms with Gasteiger partial charge in [0.05, 0.1) is 5.69 Å². The number of para-hydroxylation sites is 1. The summed E-state index contributed by atoms with van der Waals surface area (Å²) in [4.78, 5) is 10.6. The second kappa shape index (κ2) is 3.46. The first-order chi connectivity index (χ1) is 6.81. The van der Waals surface area contributed by atoms with Crippen molar-refractivity contribution >= 4 is 6.29 Å². The van der Waals surface area contributed by atoms with Crippen LogP contribution >= 0.6 is 0 Å². The molecule has 0 saturated heterocycles. The minimum atomic E-state index is 0.494. The van der Waals surface area contributed by atoms with E-state index in [4.69, 9.17) is 0 Å². The Bertz CT molecular complexity index is 446. The monoisotopic (exact) mass is 186 g/mol. The summed E-state index contributed by atoms with van der Waals surface area (Å²) in [6, 6.07) is 9.71. The van der Waals surface area contributed by atoms with Gasteiger partial charge in [-0.3, -0.25) is 4.79 Å². The topological polar surface area (TPSA) is 34.9 Å². The molecule has 0 atom stereocenters. The van der Waals surface area contributed by atoms with Gasteiger partial charge in [-0.2, -0.15) is 5.10 Å². The third-order valence-electron chi connectivity index (χ3n) is 2.07. The number of benzene rings is 1. The second-order valence-corrected chi connectivity index (χ2v) is 3.10. The molecule has 1 heterocycles. The van der Waals surface area contributed by atoms with Gasteiger partial charge in [0.25, 0.3) is 0 Å². The maximum absolute atomic E-state index is 10.6. The molecule has 0 radical (unpaired) electrons. The van der Waals surface area contributed by atoms with Crippen LogP contribution in [0.1, 0.15) is 16.1 Å². The van der Waals surface area contributed by atoms with Crippen LogP contribution in [-0.4, -0.2) is 16.1 Å². The van der Waals surface area contributed by atoms with Gasteiger partial charge in [-0.25, -0.2) is 4.68 Å².